The Morgan fingerprint density at radius 3 is 2.69 bits per heavy atom. The molecule has 140 valence electrons. The molecule has 7 nitrogen and oxygen atoms in total. The van der Waals surface area contributed by atoms with Crippen molar-refractivity contribution < 1.29 is 14.3 Å². The molecule has 26 heavy (non-hydrogen) atoms. The van der Waals surface area contributed by atoms with Crippen molar-refractivity contribution in [3.8, 4) is 0 Å². The number of likely N-dealkylation sites (N-methyl/N-ethyl adjacent to an activating group) is 1. The maximum absolute atomic E-state index is 12.6. The Morgan fingerprint density at radius 1 is 1.31 bits per heavy atom. The number of morpholine rings is 1. The first kappa shape index (κ1) is 17.4. The van der Waals surface area contributed by atoms with Crippen LogP contribution in [0.15, 0.2) is 18.3 Å². The predicted molar refractivity (Wildman–Crippen MR) is 95.7 cm³/mol. The number of ether oxygens (including phenoxy) is 1. The Labute approximate surface area is 153 Å². The second-order valence-corrected chi connectivity index (χ2v) is 7.85. The highest BCUT2D eigenvalue weighted by atomic mass is 16.5. The summed E-state index contributed by atoms with van der Waals surface area (Å²) in [5.74, 6) is 0.709. The second-order valence-electron chi connectivity index (χ2n) is 7.85. The zero-order valence-electron chi connectivity index (χ0n) is 15.4. The van der Waals surface area contributed by atoms with Gasteiger partial charge >= 0.3 is 0 Å². The number of carbonyl (C=O) groups excluding carboxylic acids is 2. The van der Waals surface area contributed by atoms with E-state index in [9.17, 15) is 9.59 Å². The van der Waals surface area contributed by atoms with Crippen molar-refractivity contribution in [3.05, 3.63) is 29.6 Å². The van der Waals surface area contributed by atoms with Crippen molar-refractivity contribution in [1.82, 2.24) is 20.1 Å². The third kappa shape index (κ3) is 3.33. The zero-order valence-corrected chi connectivity index (χ0v) is 15.4. The van der Waals surface area contributed by atoms with Crippen molar-refractivity contribution in [2.24, 2.45) is 5.92 Å². The topological polar surface area (TPSA) is 74.8 Å². The molecule has 1 saturated carbocycles. The van der Waals surface area contributed by atoms with Crippen LogP contribution in [0.3, 0.4) is 0 Å². The number of aryl methyl sites for hydroxylation is 1. The van der Waals surface area contributed by atoms with Crippen LogP contribution in [-0.4, -0.2) is 78.1 Å². The summed E-state index contributed by atoms with van der Waals surface area (Å²) in [6.07, 6.45) is 4.12. The minimum atomic E-state index is -0.340. The zero-order chi connectivity index (χ0) is 18.3. The van der Waals surface area contributed by atoms with E-state index < -0.39 is 0 Å². The normalized spacial score (nSPS) is 25.0. The number of rotatable bonds is 4. The molecule has 1 atom stereocenters. The average Bonchev–Trinajstić information content (AvgIpc) is 3.43. The van der Waals surface area contributed by atoms with Gasteiger partial charge in [0.15, 0.2) is 0 Å². The summed E-state index contributed by atoms with van der Waals surface area (Å²) in [6, 6.07) is 3.45. The number of carbonyl (C=O) groups is 2. The number of nitrogens with one attached hydrogen (secondary N) is 1. The highest BCUT2D eigenvalue weighted by Gasteiger charge is 2.52. The van der Waals surface area contributed by atoms with Gasteiger partial charge in [-0.05, 0) is 37.8 Å². The van der Waals surface area contributed by atoms with Crippen LogP contribution >= 0.6 is 0 Å². The van der Waals surface area contributed by atoms with Gasteiger partial charge in [0.05, 0.1) is 25.3 Å². The van der Waals surface area contributed by atoms with Crippen LogP contribution < -0.4 is 5.32 Å². The lowest BCUT2D eigenvalue weighted by molar-refractivity contribution is -0.191. The van der Waals surface area contributed by atoms with Crippen LogP contribution in [0.2, 0.25) is 0 Å². The molecule has 0 unspecified atom stereocenters. The molecule has 0 radical (unpaired) electrons. The summed E-state index contributed by atoms with van der Waals surface area (Å²) < 4.78 is 6.09. The molecule has 2 aliphatic heterocycles. The quantitative estimate of drug-likeness (QED) is 0.845. The van der Waals surface area contributed by atoms with Crippen molar-refractivity contribution >= 4 is 11.8 Å². The molecular weight excluding hydrogens is 332 g/mol. The Kier molecular flexibility index (Phi) is 4.44. The van der Waals surface area contributed by atoms with E-state index >= 15 is 0 Å². The lowest BCUT2D eigenvalue weighted by Gasteiger charge is -2.55. The fraction of sp³-hybridized carbons (Fsp3) is 0.632. The standard InChI is InChI=1S/C19H26N4O3/c1-13-3-6-15(7-21-13)18(25)23-11-19(12-23)10-22(8-14-4-5-14)16(9-26-19)17(24)20-2/h3,6-7,14,16H,4-5,8-12H2,1-2H3,(H,20,24)/t16-/m1/s1. The van der Waals surface area contributed by atoms with Crippen LogP contribution in [0.1, 0.15) is 28.9 Å². The Hall–Kier alpha value is -1.99. The molecule has 2 amide bonds. The maximum Gasteiger partial charge on any atom is 0.255 e. The molecular formula is C19H26N4O3. The van der Waals surface area contributed by atoms with Crippen molar-refractivity contribution in [2.45, 2.75) is 31.4 Å². The molecule has 0 bridgehead atoms. The van der Waals surface area contributed by atoms with Gasteiger partial charge < -0.3 is 15.0 Å². The summed E-state index contributed by atoms with van der Waals surface area (Å²) in [6.45, 7) is 5.08. The summed E-state index contributed by atoms with van der Waals surface area (Å²) in [5.41, 5.74) is 1.17. The Morgan fingerprint density at radius 2 is 2.08 bits per heavy atom. The minimum Gasteiger partial charge on any atom is -0.368 e. The van der Waals surface area contributed by atoms with Gasteiger partial charge in [0.1, 0.15) is 11.6 Å². The Bertz CT molecular complexity index is 695. The maximum atomic E-state index is 12.6. The first-order valence-corrected chi connectivity index (χ1v) is 9.31. The molecule has 4 rings (SSSR count). The van der Waals surface area contributed by atoms with E-state index in [-0.39, 0.29) is 23.5 Å². The molecule has 3 heterocycles. The molecule has 3 fully saturated rings. The third-order valence-corrected chi connectivity index (χ3v) is 5.62. The largest absolute Gasteiger partial charge is 0.368 e. The van der Waals surface area contributed by atoms with Crippen molar-refractivity contribution in [2.75, 3.05) is 39.8 Å². The monoisotopic (exact) mass is 358 g/mol. The summed E-state index contributed by atoms with van der Waals surface area (Å²) >= 11 is 0. The van der Waals surface area contributed by atoms with Crippen LogP contribution in [0.4, 0.5) is 0 Å². The number of nitrogens with zero attached hydrogens (tertiary/aromatic N) is 3. The van der Waals surface area contributed by atoms with Crippen molar-refractivity contribution in [3.63, 3.8) is 0 Å². The summed E-state index contributed by atoms with van der Waals surface area (Å²) in [7, 11) is 1.67. The Balaban J connectivity index is 1.40. The van der Waals surface area contributed by atoms with Gasteiger partial charge in [-0.1, -0.05) is 0 Å². The van der Waals surface area contributed by atoms with E-state index in [2.05, 4.69) is 15.2 Å². The van der Waals surface area contributed by atoms with E-state index in [1.165, 1.54) is 12.8 Å². The molecule has 1 aromatic heterocycles. The van der Waals surface area contributed by atoms with E-state index in [0.29, 0.717) is 37.7 Å². The number of amides is 2. The number of hydrogen-bond donors (Lipinski definition) is 1. The molecule has 3 aliphatic rings. The smallest absolute Gasteiger partial charge is 0.255 e. The summed E-state index contributed by atoms with van der Waals surface area (Å²) in [5, 5.41) is 2.74. The molecule has 7 heteroatoms. The fourth-order valence-electron chi connectivity index (χ4n) is 3.88. The van der Waals surface area contributed by atoms with Gasteiger partial charge in [0, 0.05) is 32.0 Å². The average molecular weight is 358 g/mol. The SMILES string of the molecule is CNC(=O)[C@H]1COC2(CN(C(=O)c3ccc(C)nc3)C2)CN1CC1CC1. The van der Waals surface area contributed by atoms with Gasteiger partial charge in [-0.15, -0.1) is 0 Å². The first-order valence-electron chi connectivity index (χ1n) is 9.31. The van der Waals surface area contributed by atoms with Crippen molar-refractivity contribution in [1.29, 1.82) is 0 Å². The molecule has 1 aliphatic carbocycles. The van der Waals surface area contributed by atoms with E-state index in [1.54, 1.807) is 13.2 Å². The molecule has 1 spiro atoms. The number of pyridine rings is 1. The van der Waals surface area contributed by atoms with Gasteiger partial charge in [-0.3, -0.25) is 19.5 Å². The lowest BCUT2D eigenvalue weighted by atomic mass is 9.89. The third-order valence-electron chi connectivity index (χ3n) is 5.62. The van der Waals surface area contributed by atoms with Crippen LogP contribution in [0.5, 0.6) is 0 Å². The van der Waals surface area contributed by atoms with E-state index in [0.717, 1.165) is 12.2 Å². The lowest BCUT2D eigenvalue weighted by Crippen LogP contribution is -2.73. The van der Waals surface area contributed by atoms with Gasteiger partial charge in [0.2, 0.25) is 5.91 Å². The van der Waals surface area contributed by atoms with E-state index in [1.807, 2.05) is 24.0 Å². The molecule has 1 N–H and O–H groups in total. The van der Waals surface area contributed by atoms with Crippen LogP contribution in [0.25, 0.3) is 0 Å². The van der Waals surface area contributed by atoms with Crippen LogP contribution in [0, 0.1) is 12.8 Å². The number of aromatic nitrogens is 1. The highest BCUT2D eigenvalue weighted by molar-refractivity contribution is 5.94. The first-order chi connectivity index (χ1) is 12.5. The van der Waals surface area contributed by atoms with Gasteiger partial charge in [-0.2, -0.15) is 0 Å². The summed E-state index contributed by atoms with van der Waals surface area (Å²) in [4.78, 5) is 33.1. The number of hydrogen-bond acceptors (Lipinski definition) is 5. The highest BCUT2D eigenvalue weighted by Crippen LogP contribution is 2.36. The van der Waals surface area contributed by atoms with E-state index in [4.69, 9.17) is 4.74 Å². The second kappa shape index (κ2) is 6.63. The van der Waals surface area contributed by atoms with Gasteiger partial charge in [-0.25, -0.2) is 0 Å². The fourth-order valence-corrected chi connectivity index (χ4v) is 3.88. The molecule has 2 saturated heterocycles. The number of likely N-dealkylation sites (tertiary alicyclic amines) is 1. The molecule has 0 aromatic carbocycles. The minimum absolute atomic E-state index is 0.00565. The van der Waals surface area contributed by atoms with Crippen LogP contribution in [-0.2, 0) is 9.53 Å². The predicted octanol–water partition coefficient (Wildman–Crippen LogP) is 0.441. The molecule has 1 aromatic rings. The van der Waals surface area contributed by atoms with Gasteiger partial charge in [0.25, 0.3) is 5.91 Å².